The van der Waals surface area contributed by atoms with E-state index in [-0.39, 0.29) is 5.92 Å². The first-order valence-corrected chi connectivity index (χ1v) is 6.23. The summed E-state index contributed by atoms with van der Waals surface area (Å²) in [5.41, 5.74) is 7.95. The van der Waals surface area contributed by atoms with E-state index in [0.717, 1.165) is 29.3 Å². The topological polar surface area (TPSA) is 79.1 Å². The Hall–Kier alpha value is -1.81. The number of hydrogen-bond acceptors (Lipinski definition) is 2. The Bertz CT molecular complexity index is 586. The summed E-state index contributed by atoms with van der Waals surface area (Å²) in [5.74, 6) is -0.592. The quantitative estimate of drug-likeness (QED) is 0.770. The van der Waals surface area contributed by atoms with E-state index in [9.17, 15) is 4.79 Å². The van der Waals surface area contributed by atoms with Crippen LogP contribution < -0.4 is 5.73 Å². The lowest BCUT2D eigenvalue weighted by Crippen LogP contribution is -2.37. The molecule has 4 heteroatoms. The molecule has 1 heterocycles. The standard InChI is InChI=1S/C14H16N2O2/c15-13(14(17)18)12(8-5-6-8)10-7-16-11-4-2-1-3-9(10)11/h1-4,7-8,12-13,16H,5-6,15H2,(H,17,18)/t12-,13-/m1/s1. The van der Waals surface area contributed by atoms with Crippen LogP contribution in [-0.2, 0) is 4.79 Å². The van der Waals surface area contributed by atoms with Gasteiger partial charge in [0.15, 0.2) is 0 Å². The Kier molecular flexibility index (Phi) is 2.59. The summed E-state index contributed by atoms with van der Waals surface area (Å²) in [6, 6.07) is 7.12. The highest BCUT2D eigenvalue weighted by molar-refractivity contribution is 5.85. The molecule has 1 aliphatic carbocycles. The third-order valence-electron chi connectivity index (χ3n) is 3.78. The first-order valence-electron chi connectivity index (χ1n) is 6.23. The summed E-state index contributed by atoms with van der Waals surface area (Å²) in [4.78, 5) is 14.4. The average molecular weight is 244 g/mol. The third kappa shape index (κ3) is 1.78. The molecule has 94 valence electrons. The zero-order valence-electron chi connectivity index (χ0n) is 9.97. The van der Waals surface area contributed by atoms with E-state index >= 15 is 0 Å². The molecule has 1 aromatic heterocycles. The highest BCUT2D eigenvalue weighted by Gasteiger charge is 2.40. The molecule has 18 heavy (non-hydrogen) atoms. The highest BCUT2D eigenvalue weighted by Crippen LogP contribution is 2.45. The second-order valence-electron chi connectivity index (χ2n) is 5.02. The number of nitrogens with two attached hydrogens (primary N) is 1. The van der Waals surface area contributed by atoms with Gasteiger partial charge in [-0.15, -0.1) is 0 Å². The lowest BCUT2D eigenvalue weighted by Gasteiger charge is -2.20. The van der Waals surface area contributed by atoms with Gasteiger partial charge in [-0.3, -0.25) is 4.79 Å². The van der Waals surface area contributed by atoms with E-state index < -0.39 is 12.0 Å². The Morgan fingerprint density at radius 3 is 2.78 bits per heavy atom. The van der Waals surface area contributed by atoms with Crippen LogP contribution in [-0.4, -0.2) is 22.1 Å². The molecule has 1 aromatic carbocycles. The van der Waals surface area contributed by atoms with Gasteiger partial charge in [0, 0.05) is 23.0 Å². The van der Waals surface area contributed by atoms with Crippen molar-refractivity contribution in [3.8, 4) is 0 Å². The van der Waals surface area contributed by atoms with Crippen LogP contribution >= 0.6 is 0 Å². The van der Waals surface area contributed by atoms with Gasteiger partial charge in [-0.25, -0.2) is 0 Å². The fourth-order valence-electron chi connectivity index (χ4n) is 2.72. The number of carboxylic acids is 1. The second kappa shape index (κ2) is 4.14. The van der Waals surface area contributed by atoms with E-state index in [1.54, 1.807) is 0 Å². The molecular weight excluding hydrogens is 228 g/mol. The molecule has 2 aromatic rings. The minimum atomic E-state index is -0.919. The van der Waals surface area contributed by atoms with Crippen molar-refractivity contribution in [1.82, 2.24) is 4.98 Å². The van der Waals surface area contributed by atoms with E-state index in [2.05, 4.69) is 4.98 Å². The molecule has 1 fully saturated rings. The zero-order chi connectivity index (χ0) is 12.7. The summed E-state index contributed by atoms with van der Waals surface area (Å²) < 4.78 is 0. The molecule has 0 aliphatic heterocycles. The molecule has 1 saturated carbocycles. The zero-order valence-corrected chi connectivity index (χ0v) is 9.97. The smallest absolute Gasteiger partial charge is 0.321 e. The number of benzene rings is 1. The molecule has 2 atom stereocenters. The first-order chi connectivity index (χ1) is 8.68. The summed E-state index contributed by atoms with van der Waals surface area (Å²) in [5, 5.41) is 10.3. The largest absolute Gasteiger partial charge is 0.480 e. The number of nitrogens with one attached hydrogen (secondary N) is 1. The van der Waals surface area contributed by atoms with Gasteiger partial charge in [-0.1, -0.05) is 18.2 Å². The van der Waals surface area contributed by atoms with Crippen LogP contribution in [0, 0.1) is 5.92 Å². The molecule has 0 radical (unpaired) electrons. The fraction of sp³-hybridized carbons (Fsp3) is 0.357. The van der Waals surface area contributed by atoms with Crippen LogP contribution in [0.25, 0.3) is 10.9 Å². The number of aromatic amines is 1. The van der Waals surface area contributed by atoms with Gasteiger partial charge >= 0.3 is 5.97 Å². The number of carboxylic acid groups (broad SMARTS) is 1. The van der Waals surface area contributed by atoms with Gasteiger partial charge in [-0.05, 0) is 30.4 Å². The van der Waals surface area contributed by atoms with Gasteiger partial charge in [0.25, 0.3) is 0 Å². The molecule has 1 aliphatic rings. The number of hydrogen-bond donors (Lipinski definition) is 3. The number of H-pyrrole nitrogens is 1. The molecular formula is C14H16N2O2. The third-order valence-corrected chi connectivity index (χ3v) is 3.78. The predicted molar refractivity (Wildman–Crippen MR) is 69.4 cm³/mol. The van der Waals surface area contributed by atoms with Crippen LogP contribution in [0.15, 0.2) is 30.5 Å². The van der Waals surface area contributed by atoms with Gasteiger partial charge < -0.3 is 15.8 Å². The van der Waals surface area contributed by atoms with Gasteiger partial charge in [0.1, 0.15) is 6.04 Å². The van der Waals surface area contributed by atoms with E-state index in [0.29, 0.717) is 5.92 Å². The van der Waals surface area contributed by atoms with Crippen LogP contribution in [0.5, 0.6) is 0 Å². The first kappa shape index (κ1) is 11.3. The number of fused-ring (bicyclic) bond motifs is 1. The summed E-state index contributed by atoms with van der Waals surface area (Å²) in [7, 11) is 0. The Balaban J connectivity index is 2.07. The molecule has 4 N–H and O–H groups in total. The number of aromatic nitrogens is 1. The predicted octanol–water partition coefficient (Wildman–Crippen LogP) is 2.07. The van der Waals surface area contributed by atoms with Crippen molar-refractivity contribution in [3.63, 3.8) is 0 Å². The number of para-hydroxylation sites is 1. The molecule has 0 saturated heterocycles. The normalized spacial score (nSPS) is 18.7. The summed E-state index contributed by atoms with van der Waals surface area (Å²) >= 11 is 0. The average Bonchev–Trinajstić information content (AvgIpc) is 3.10. The van der Waals surface area contributed by atoms with Crippen LogP contribution in [0.2, 0.25) is 0 Å². The van der Waals surface area contributed by atoms with Crippen molar-refractivity contribution in [2.75, 3.05) is 0 Å². The van der Waals surface area contributed by atoms with Crippen molar-refractivity contribution in [2.24, 2.45) is 11.7 Å². The minimum absolute atomic E-state index is 0.0846. The minimum Gasteiger partial charge on any atom is -0.480 e. The second-order valence-corrected chi connectivity index (χ2v) is 5.02. The van der Waals surface area contributed by atoms with Crippen molar-refractivity contribution < 1.29 is 9.90 Å². The Labute approximate surface area is 105 Å². The van der Waals surface area contributed by atoms with Crippen LogP contribution in [0.1, 0.15) is 24.3 Å². The summed E-state index contributed by atoms with van der Waals surface area (Å²) in [6.07, 6.45) is 4.06. The molecule has 0 spiro atoms. The maximum absolute atomic E-state index is 11.2. The highest BCUT2D eigenvalue weighted by atomic mass is 16.4. The van der Waals surface area contributed by atoms with Crippen molar-refractivity contribution >= 4 is 16.9 Å². The molecule has 0 amide bonds. The van der Waals surface area contributed by atoms with Crippen LogP contribution in [0.4, 0.5) is 0 Å². The molecule has 0 unspecified atom stereocenters. The SMILES string of the molecule is N[C@@H](C(=O)O)[C@@H](c1c[nH]c2ccccc12)C1CC1. The Morgan fingerprint density at radius 2 is 2.11 bits per heavy atom. The van der Waals surface area contributed by atoms with Gasteiger partial charge in [0.05, 0.1) is 0 Å². The molecule has 4 nitrogen and oxygen atoms in total. The fourth-order valence-corrected chi connectivity index (χ4v) is 2.72. The van der Waals surface area contributed by atoms with Gasteiger partial charge in [0.2, 0.25) is 0 Å². The number of aliphatic carboxylic acids is 1. The number of rotatable bonds is 4. The lowest BCUT2D eigenvalue weighted by atomic mass is 9.87. The van der Waals surface area contributed by atoms with Crippen molar-refractivity contribution in [3.05, 3.63) is 36.0 Å². The van der Waals surface area contributed by atoms with Crippen molar-refractivity contribution in [2.45, 2.75) is 24.8 Å². The Morgan fingerprint density at radius 1 is 1.39 bits per heavy atom. The summed E-state index contributed by atoms with van der Waals surface area (Å²) in [6.45, 7) is 0. The van der Waals surface area contributed by atoms with E-state index in [1.165, 1.54) is 0 Å². The van der Waals surface area contributed by atoms with Crippen molar-refractivity contribution in [1.29, 1.82) is 0 Å². The lowest BCUT2D eigenvalue weighted by molar-refractivity contribution is -0.139. The monoisotopic (exact) mass is 244 g/mol. The van der Waals surface area contributed by atoms with E-state index in [4.69, 9.17) is 10.8 Å². The van der Waals surface area contributed by atoms with E-state index in [1.807, 2.05) is 30.5 Å². The van der Waals surface area contributed by atoms with Crippen LogP contribution in [0.3, 0.4) is 0 Å². The van der Waals surface area contributed by atoms with Gasteiger partial charge in [-0.2, -0.15) is 0 Å². The molecule has 3 rings (SSSR count). The maximum Gasteiger partial charge on any atom is 0.321 e. The molecule has 0 bridgehead atoms. The number of carbonyl (C=O) groups is 1. The maximum atomic E-state index is 11.2.